The first-order valence-electron chi connectivity index (χ1n) is 9.30. The molecule has 12 heteroatoms. The van der Waals surface area contributed by atoms with Gasteiger partial charge < -0.3 is 10.4 Å². The lowest BCUT2D eigenvalue weighted by atomic mass is 9.74. The number of allylic oxidation sites excluding steroid dienone is 2. The Morgan fingerprint density at radius 3 is 2.83 bits per heavy atom. The SMILES string of the molecule is C[C@H](Cn1cc(CC2(C(=O)O)CC=CCC2)nn1)NC(=O)CSc1nnnn1C. The van der Waals surface area contributed by atoms with Crippen molar-refractivity contribution in [1.29, 1.82) is 0 Å². The topological polar surface area (TPSA) is 141 Å². The van der Waals surface area contributed by atoms with E-state index in [4.69, 9.17) is 0 Å². The molecule has 1 aliphatic rings. The van der Waals surface area contributed by atoms with Crippen LogP contribution in [0.5, 0.6) is 0 Å². The molecule has 29 heavy (non-hydrogen) atoms. The number of nitrogens with one attached hydrogen (secondary N) is 1. The van der Waals surface area contributed by atoms with Crippen LogP contribution in [0.1, 0.15) is 31.9 Å². The molecule has 2 atom stereocenters. The van der Waals surface area contributed by atoms with Crippen LogP contribution in [0.15, 0.2) is 23.5 Å². The molecule has 2 N–H and O–H groups in total. The zero-order valence-electron chi connectivity index (χ0n) is 16.4. The summed E-state index contributed by atoms with van der Waals surface area (Å²) in [6.45, 7) is 2.31. The molecule has 0 saturated carbocycles. The standard InChI is InChI=1S/C17H24N8O3S/c1-12(18-14(26)11-29-16-20-21-23-24(16)2)9-25-10-13(19-22-25)8-17(15(27)28)6-4-3-5-7-17/h3-4,10,12H,5-9,11H2,1-2H3,(H,18,26)(H,27,28)/t12-,17?/m1/s1. The van der Waals surface area contributed by atoms with Crippen LogP contribution in [0, 0.1) is 5.41 Å². The van der Waals surface area contributed by atoms with Crippen molar-refractivity contribution in [2.24, 2.45) is 12.5 Å². The quantitative estimate of drug-likeness (QED) is 0.437. The molecular formula is C17H24N8O3S. The highest BCUT2D eigenvalue weighted by Crippen LogP contribution is 2.36. The number of aryl methyl sites for hydroxylation is 1. The van der Waals surface area contributed by atoms with Gasteiger partial charge in [-0.3, -0.25) is 14.3 Å². The molecule has 11 nitrogen and oxygen atoms in total. The number of aliphatic carboxylic acids is 1. The van der Waals surface area contributed by atoms with Crippen molar-refractivity contribution < 1.29 is 14.7 Å². The first kappa shape index (κ1) is 21.0. The second-order valence-electron chi connectivity index (χ2n) is 7.25. The highest BCUT2D eigenvalue weighted by molar-refractivity contribution is 7.99. The monoisotopic (exact) mass is 420 g/mol. The van der Waals surface area contributed by atoms with E-state index in [1.54, 1.807) is 17.9 Å². The molecule has 3 rings (SSSR count). The number of rotatable bonds is 9. The van der Waals surface area contributed by atoms with Crippen LogP contribution < -0.4 is 5.32 Å². The Morgan fingerprint density at radius 1 is 1.34 bits per heavy atom. The van der Waals surface area contributed by atoms with E-state index in [0.717, 1.165) is 6.42 Å². The smallest absolute Gasteiger partial charge is 0.310 e. The van der Waals surface area contributed by atoms with E-state index in [-0.39, 0.29) is 17.7 Å². The van der Waals surface area contributed by atoms with E-state index in [0.29, 0.717) is 36.7 Å². The zero-order valence-corrected chi connectivity index (χ0v) is 17.2. The Morgan fingerprint density at radius 2 is 2.17 bits per heavy atom. The van der Waals surface area contributed by atoms with Gasteiger partial charge >= 0.3 is 5.97 Å². The van der Waals surface area contributed by atoms with E-state index in [1.165, 1.54) is 16.4 Å². The van der Waals surface area contributed by atoms with Crippen molar-refractivity contribution in [2.45, 2.75) is 50.4 Å². The minimum absolute atomic E-state index is 0.135. The van der Waals surface area contributed by atoms with Crippen molar-refractivity contribution in [3.8, 4) is 0 Å². The maximum absolute atomic E-state index is 12.1. The number of tetrazole rings is 1. The number of hydrogen-bond donors (Lipinski definition) is 2. The van der Waals surface area contributed by atoms with Crippen molar-refractivity contribution >= 4 is 23.6 Å². The number of aromatic nitrogens is 7. The largest absolute Gasteiger partial charge is 0.481 e. The van der Waals surface area contributed by atoms with Gasteiger partial charge in [0.1, 0.15) is 0 Å². The lowest BCUT2D eigenvalue weighted by Gasteiger charge is -2.29. The molecule has 1 unspecified atom stereocenters. The average Bonchev–Trinajstić information content (AvgIpc) is 3.29. The Bertz CT molecular complexity index is 895. The van der Waals surface area contributed by atoms with Crippen molar-refractivity contribution in [2.75, 3.05) is 5.75 Å². The molecule has 2 aromatic rings. The number of nitrogens with zero attached hydrogens (tertiary/aromatic N) is 7. The molecule has 2 aromatic heterocycles. The molecule has 1 aliphatic carbocycles. The summed E-state index contributed by atoms with van der Waals surface area (Å²) >= 11 is 1.25. The van der Waals surface area contributed by atoms with Crippen LogP contribution in [0.25, 0.3) is 0 Å². The van der Waals surface area contributed by atoms with Crippen LogP contribution in [-0.4, -0.2) is 64.0 Å². The summed E-state index contributed by atoms with van der Waals surface area (Å²) in [6, 6.07) is -0.165. The fraction of sp³-hybridized carbons (Fsp3) is 0.588. The summed E-state index contributed by atoms with van der Waals surface area (Å²) in [5.74, 6) is -0.729. The van der Waals surface area contributed by atoms with Crippen LogP contribution in [0.3, 0.4) is 0 Å². The maximum atomic E-state index is 12.1. The predicted molar refractivity (Wildman–Crippen MR) is 104 cm³/mol. The third kappa shape index (κ3) is 5.40. The predicted octanol–water partition coefficient (Wildman–Crippen LogP) is 0.452. The minimum atomic E-state index is -0.818. The van der Waals surface area contributed by atoms with Crippen LogP contribution >= 0.6 is 11.8 Å². The summed E-state index contributed by atoms with van der Waals surface area (Å²) in [7, 11) is 1.71. The highest BCUT2D eigenvalue weighted by atomic mass is 32.2. The minimum Gasteiger partial charge on any atom is -0.481 e. The fourth-order valence-corrected chi connectivity index (χ4v) is 3.95. The number of carboxylic acid groups (broad SMARTS) is 1. The van der Waals surface area contributed by atoms with Crippen LogP contribution in [-0.2, 0) is 29.6 Å². The third-order valence-electron chi connectivity index (χ3n) is 4.81. The van der Waals surface area contributed by atoms with Gasteiger partial charge in [-0.1, -0.05) is 29.1 Å². The van der Waals surface area contributed by atoms with E-state index >= 15 is 0 Å². The number of thioether (sulfide) groups is 1. The molecule has 0 spiro atoms. The van der Waals surface area contributed by atoms with Crippen molar-refractivity contribution in [3.05, 3.63) is 24.0 Å². The van der Waals surface area contributed by atoms with E-state index in [2.05, 4.69) is 31.2 Å². The average molecular weight is 420 g/mol. The van der Waals surface area contributed by atoms with Crippen LogP contribution in [0.2, 0.25) is 0 Å². The first-order valence-corrected chi connectivity index (χ1v) is 10.3. The van der Waals surface area contributed by atoms with Crippen LogP contribution in [0.4, 0.5) is 0 Å². The van der Waals surface area contributed by atoms with E-state index < -0.39 is 11.4 Å². The van der Waals surface area contributed by atoms with Crippen molar-refractivity contribution in [1.82, 2.24) is 40.5 Å². The van der Waals surface area contributed by atoms with E-state index in [9.17, 15) is 14.7 Å². The Hall–Kier alpha value is -2.76. The van der Waals surface area contributed by atoms with Gasteiger partial charge in [0.15, 0.2) is 0 Å². The molecule has 0 fully saturated rings. The molecule has 0 aliphatic heterocycles. The zero-order chi connectivity index (χ0) is 20.9. The molecule has 1 amide bonds. The molecular weight excluding hydrogens is 396 g/mol. The van der Waals surface area contributed by atoms with Gasteiger partial charge in [0, 0.05) is 25.7 Å². The molecule has 0 saturated heterocycles. The Kier molecular flexibility index (Phi) is 6.62. The van der Waals surface area contributed by atoms with Gasteiger partial charge in [-0.25, -0.2) is 4.68 Å². The van der Waals surface area contributed by atoms with Gasteiger partial charge in [0.05, 0.1) is 23.4 Å². The van der Waals surface area contributed by atoms with Gasteiger partial charge in [-0.15, -0.1) is 10.2 Å². The lowest BCUT2D eigenvalue weighted by molar-refractivity contribution is -0.149. The van der Waals surface area contributed by atoms with Gasteiger partial charge in [0.2, 0.25) is 11.1 Å². The summed E-state index contributed by atoms with van der Waals surface area (Å²) in [6.07, 6.45) is 7.89. The lowest BCUT2D eigenvalue weighted by Crippen LogP contribution is -2.37. The van der Waals surface area contributed by atoms with Gasteiger partial charge in [-0.2, -0.15) is 0 Å². The summed E-state index contributed by atoms with van der Waals surface area (Å²) < 4.78 is 3.14. The number of hydrogen-bond acceptors (Lipinski definition) is 8. The molecule has 0 aromatic carbocycles. The number of carbonyl (C=O) groups is 2. The first-order chi connectivity index (χ1) is 13.9. The third-order valence-corrected chi connectivity index (χ3v) is 5.82. The summed E-state index contributed by atoms with van der Waals surface area (Å²) in [4.78, 5) is 23.9. The Balaban J connectivity index is 1.50. The number of amides is 1. The summed E-state index contributed by atoms with van der Waals surface area (Å²) in [5, 5.41) is 32.4. The second kappa shape index (κ2) is 9.16. The van der Waals surface area contributed by atoms with E-state index in [1.807, 2.05) is 19.1 Å². The van der Waals surface area contributed by atoms with Gasteiger partial charge in [-0.05, 0) is 36.6 Å². The molecule has 0 bridgehead atoms. The Labute approximate surface area is 171 Å². The van der Waals surface area contributed by atoms with Gasteiger partial charge in [0.25, 0.3) is 0 Å². The fourth-order valence-electron chi connectivity index (χ4n) is 3.29. The molecule has 2 heterocycles. The summed E-state index contributed by atoms with van der Waals surface area (Å²) in [5.41, 5.74) is -0.173. The maximum Gasteiger partial charge on any atom is 0.310 e. The normalized spacial score (nSPS) is 19.8. The molecule has 156 valence electrons. The van der Waals surface area contributed by atoms with Crippen molar-refractivity contribution in [3.63, 3.8) is 0 Å². The number of carboxylic acids is 1. The molecule has 0 radical (unpaired) electrons. The number of carbonyl (C=O) groups excluding carboxylic acids is 1. The highest BCUT2D eigenvalue weighted by Gasteiger charge is 2.39. The second-order valence-corrected chi connectivity index (χ2v) is 8.19.